The number of nitrogens with zero attached hydrogens (tertiary/aromatic N) is 1. The highest BCUT2D eigenvalue weighted by Gasteiger charge is 2.34. The van der Waals surface area contributed by atoms with E-state index in [0.717, 1.165) is 0 Å². The monoisotopic (exact) mass is 229 g/mol. The zero-order chi connectivity index (χ0) is 11.3. The lowest BCUT2D eigenvalue weighted by Crippen LogP contribution is -2.00. The molecule has 0 aliphatic rings. The molecule has 0 fully saturated rings. The van der Waals surface area contributed by atoms with Crippen LogP contribution in [0.5, 0.6) is 0 Å². The van der Waals surface area contributed by atoms with Crippen LogP contribution in [0, 0.1) is 4.91 Å². The molecule has 0 aliphatic heterocycles. The van der Waals surface area contributed by atoms with Crippen molar-refractivity contribution < 1.29 is 14.0 Å². The number of hydrogen-bond donors (Lipinski definition) is 1. The van der Waals surface area contributed by atoms with Crippen LogP contribution in [0.4, 0.5) is 0 Å². The molecule has 0 spiro atoms. The van der Waals surface area contributed by atoms with E-state index in [9.17, 15) is 14.4 Å². The maximum Gasteiger partial charge on any atom is 0.360 e. The summed E-state index contributed by atoms with van der Waals surface area (Å²) in [5.41, 5.74) is 0.381. The van der Waals surface area contributed by atoms with Crippen molar-refractivity contribution in [1.82, 2.24) is 0 Å². The molecular formula is C9H12NO4P. The molecule has 82 valence electrons. The van der Waals surface area contributed by atoms with Gasteiger partial charge < -0.3 is 9.42 Å². The third-order valence-corrected chi connectivity index (χ3v) is 3.46. The Labute approximate surface area is 87.6 Å². The van der Waals surface area contributed by atoms with E-state index in [1.807, 2.05) is 0 Å². The van der Waals surface area contributed by atoms with Crippen LogP contribution in [0.3, 0.4) is 0 Å². The molecule has 0 saturated heterocycles. The third kappa shape index (κ3) is 2.96. The second kappa shape index (κ2) is 5.16. The first kappa shape index (κ1) is 12.0. The maximum atomic E-state index is 11.6. The maximum absolute atomic E-state index is 11.6. The van der Waals surface area contributed by atoms with Crippen LogP contribution >= 0.6 is 7.60 Å². The fourth-order valence-corrected chi connectivity index (χ4v) is 2.37. The van der Waals surface area contributed by atoms with Crippen LogP contribution in [-0.2, 0) is 9.09 Å². The van der Waals surface area contributed by atoms with Crippen LogP contribution in [0.25, 0.3) is 0 Å². The van der Waals surface area contributed by atoms with Crippen molar-refractivity contribution in [2.24, 2.45) is 5.18 Å². The Hall–Kier alpha value is -1.03. The van der Waals surface area contributed by atoms with Gasteiger partial charge in [0.15, 0.2) is 0 Å². The van der Waals surface area contributed by atoms with E-state index in [1.54, 1.807) is 37.3 Å². The second-order valence-electron chi connectivity index (χ2n) is 2.87. The summed E-state index contributed by atoms with van der Waals surface area (Å²) in [6.45, 7) is 1.64. The Morgan fingerprint density at radius 2 is 2.07 bits per heavy atom. The molecule has 1 N–H and O–H groups in total. The van der Waals surface area contributed by atoms with Gasteiger partial charge in [-0.15, -0.1) is 4.91 Å². The fourth-order valence-electron chi connectivity index (χ4n) is 1.19. The number of hydrogen-bond acceptors (Lipinski definition) is 4. The van der Waals surface area contributed by atoms with E-state index < -0.39 is 13.4 Å². The SMILES string of the molecule is CCOP(=O)(O)C(N=O)c1ccccc1. The molecule has 0 aliphatic carbocycles. The summed E-state index contributed by atoms with van der Waals surface area (Å²) in [5, 5.41) is 2.66. The van der Waals surface area contributed by atoms with Crippen molar-refractivity contribution in [2.45, 2.75) is 12.7 Å². The highest BCUT2D eigenvalue weighted by atomic mass is 31.2. The standard InChI is InChI=1S/C9H12NO4P/c1-2-14-15(12,13)9(10-11)8-6-4-3-5-7-8/h3-7,9H,2H2,1H3,(H,12,13). The van der Waals surface area contributed by atoms with Crippen molar-refractivity contribution in [2.75, 3.05) is 6.61 Å². The smallest absolute Gasteiger partial charge is 0.322 e. The molecule has 0 radical (unpaired) electrons. The lowest BCUT2D eigenvalue weighted by molar-refractivity contribution is 0.265. The van der Waals surface area contributed by atoms with Crippen LogP contribution in [0.2, 0.25) is 0 Å². The summed E-state index contributed by atoms with van der Waals surface area (Å²) in [4.78, 5) is 20.0. The zero-order valence-electron chi connectivity index (χ0n) is 8.24. The summed E-state index contributed by atoms with van der Waals surface area (Å²) >= 11 is 0. The summed E-state index contributed by atoms with van der Waals surface area (Å²) < 4.78 is 16.2. The van der Waals surface area contributed by atoms with Gasteiger partial charge in [-0.2, -0.15) is 0 Å². The second-order valence-corrected chi connectivity index (χ2v) is 4.75. The molecule has 1 aromatic carbocycles. The minimum absolute atomic E-state index is 0.0621. The number of rotatable bonds is 5. The van der Waals surface area contributed by atoms with Crippen molar-refractivity contribution in [1.29, 1.82) is 0 Å². The van der Waals surface area contributed by atoms with Gasteiger partial charge in [-0.1, -0.05) is 30.3 Å². The fraction of sp³-hybridized carbons (Fsp3) is 0.333. The van der Waals surface area contributed by atoms with E-state index in [2.05, 4.69) is 9.70 Å². The first-order valence-corrected chi connectivity index (χ1v) is 6.11. The van der Waals surface area contributed by atoms with Crippen LogP contribution < -0.4 is 0 Å². The van der Waals surface area contributed by atoms with E-state index in [0.29, 0.717) is 5.56 Å². The molecule has 0 bridgehead atoms. The topological polar surface area (TPSA) is 76.0 Å². The third-order valence-electron chi connectivity index (χ3n) is 1.82. The van der Waals surface area contributed by atoms with Gasteiger partial charge in [-0.25, -0.2) is 0 Å². The zero-order valence-corrected chi connectivity index (χ0v) is 9.13. The molecule has 0 saturated carbocycles. The first-order chi connectivity index (χ1) is 7.11. The van der Waals surface area contributed by atoms with Crippen LogP contribution in [0.1, 0.15) is 18.3 Å². The predicted octanol–water partition coefficient (Wildman–Crippen LogP) is 2.67. The molecule has 0 amide bonds. The molecule has 1 aromatic rings. The molecular weight excluding hydrogens is 217 g/mol. The Bertz CT molecular complexity index is 368. The van der Waals surface area contributed by atoms with Gasteiger partial charge in [0.1, 0.15) is 0 Å². The Morgan fingerprint density at radius 3 is 2.53 bits per heavy atom. The van der Waals surface area contributed by atoms with E-state index in [1.165, 1.54) is 0 Å². The molecule has 6 heteroatoms. The lowest BCUT2D eigenvalue weighted by atomic mass is 10.2. The summed E-state index contributed by atoms with van der Waals surface area (Å²) in [5.74, 6) is -1.35. The van der Waals surface area contributed by atoms with Gasteiger partial charge >= 0.3 is 7.60 Å². The number of benzene rings is 1. The van der Waals surface area contributed by atoms with Crippen molar-refractivity contribution >= 4 is 7.60 Å². The van der Waals surface area contributed by atoms with Gasteiger partial charge in [0.2, 0.25) is 5.78 Å². The van der Waals surface area contributed by atoms with E-state index in [-0.39, 0.29) is 6.61 Å². The van der Waals surface area contributed by atoms with Crippen molar-refractivity contribution in [3.8, 4) is 0 Å². The lowest BCUT2D eigenvalue weighted by Gasteiger charge is -2.15. The molecule has 15 heavy (non-hydrogen) atoms. The summed E-state index contributed by atoms with van der Waals surface area (Å²) in [6.07, 6.45) is 0. The van der Waals surface area contributed by atoms with E-state index >= 15 is 0 Å². The number of nitroso groups, excluding NO2 is 1. The molecule has 1 rings (SSSR count). The van der Waals surface area contributed by atoms with E-state index in [4.69, 9.17) is 0 Å². The van der Waals surface area contributed by atoms with Crippen LogP contribution in [0.15, 0.2) is 35.5 Å². The summed E-state index contributed by atoms with van der Waals surface area (Å²) in [7, 11) is -4.00. The first-order valence-electron chi connectivity index (χ1n) is 4.46. The Kier molecular flexibility index (Phi) is 4.15. The van der Waals surface area contributed by atoms with Gasteiger partial charge in [-0.05, 0) is 17.7 Å². The molecule has 2 atom stereocenters. The van der Waals surface area contributed by atoms with Crippen molar-refractivity contribution in [3.05, 3.63) is 40.8 Å². The molecule has 0 heterocycles. The average Bonchev–Trinajstić information content (AvgIpc) is 2.19. The predicted molar refractivity (Wildman–Crippen MR) is 56.4 cm³/mol. The molecule has 2 unspecified atom stereocenters. The summed E-state index contributed by atoms with van der Waals surface area (Å²) in [6, 6.07) is 8.20. The molecule has 0 aromatic heterocycles. The van der Waals surface area contributed by atoms with Gasteiger partial charge in [0, 0.05) is 0 Å². The highest BCUT2D eigenvalue weighted by Crippen LogP contribution is 2.56. The minimum Gasteiger partial charge on any atom is -0.322 e. The normalized spacial score (nSPS) is 16.7. The van der Waals surface area contributed by atoms with Crippen LogP contribution in [-0.4, -0.2) is 11.5 Å². The Balaban J connectivity index is 2.99. The Morgan fingerprint density at radius 1 is 1.47 bits per heavy atom. The van der Waals surface area contributed by atoms with Gasteiger partial charge in [0.25, 0.3) is 0 Å². The average molecular weight is 229 g/mol. The highest BCUT2D eigenvalue weighted by molar-refractivity contribution is 7.53. The van der Waals surface area contributed by atoms with Gasteiger partial charge in [0.05, 0.1) is 6.61 Å². The van der Waals surface area contributed by atoms with Crippen molar-refractivity contribution in [3.63, 3.8) is 0 Å². The largest absolute Gasteiger partial charge is 0.360 e. The minimum atomic E-state index is -4.00. The van der Waals surface area contributed by atoms with Gasteiger partial charge in [-0.3, -0.25) is 4.57 Å². The quantitative estimate of drug-likeness (QED) is 0.622. The molecule has 5 nitrogen and oxygen atoms in total.